The Morgan fingerprint density at radius 3 is 2.70 bits per heavy atom. The lowest BCUT2D eigenvalue weighted by atomic mass is 9.73. The number of rotatable bonds is 4. The quantitative estimate of drug-likeness (QED) is 0.889. The normalized spacial score (nSPS) is 19.4. The van der Waals surface area contributed by atoms with Gasteiger partial charge in [-0.05, 0) is 37.5 Å². The molecular formula is C16H23FN2O. The number of hydrogen-bond donors (Lipinski definition) is 2. The maximum atomic E-state index is 13.2. The van der Waals surface area contributed by atoms with Crippen molar-refractivity contribution < 1.29 is 9.18 Å². The topological polar surface area (TPSA) is 55.1 Å². The summed E-state index contributed by atoms with van der Waals surface area (Å²) in [6, 6.07) is 6.14. The van der Waals surface area contributed by atoms with E-state index in [1.165, 1.54) is 18.6 Å². The van der Waals surface area contributed by atoms with E-state index >= 15 is 0 Å². The van der Waals surface area contributed by atoms with E-state index < -0.39 is 5.41 Å². The standard InChI is InChI=1S/C16H23FN2O/c1-12(13-6-5-7-14(17)10-13)19-15(20)16(11-18)8-3-2-4-9-16/h5-7,10,12H,2-4,8-9,11,18H2,1H3,(H,19,20)/t12-/m0/s1. The van der Waals surface area contributed by atoms with Gasteiger partial charge in [-0.1, -0.05) is 31.4 Å². The second kappa shape index (κ2) is 6.35. The van der Waals surface area contributed by atoms with Gasteiger partial charge >= 0.3 is 0 Å². The Kier molecular flexibility index (Phi) is 4.76. The molecule has 0 aliphatic heterocycles. The highest BCUT2D eigenvalue weighted by molar-refractivity contribution is 5.83. The van der Waals surface area contributed by atoms with Crippen LogP contribution >= 0.6 is 0 Å². The predicted molar refractivity (Wildman–Crippen MR) is 77.5 cm³/mol. The summed E-state index contributed by atoms with van der Waals surface area (Å²) < 4.78 is 13.2. The molecule has 0 aromatic heterocycles. The molecule has 1 atom stereocenters. The van der Waals surface area contributed by atoms with E-state index in [2.05, 4.69) is 5.32 Å². The molecule has 1 amide bonds. The van der Waals surface area contributed by atoms with Crippen molar-refractivity contribution in [2.24, 2.45) is 11.1 Å². The summed E-state index contributed by atoms with van der Waals surface area (Å²) >= 11 is 0. The van der Waals surface area contributed by atoms with Crippen LogP contribution in [-0.4, -0.2) is 12.5 Å². The number of nitrogens with one attached hydrogen (secondary N) is 1. The van der Waals surface area contributed by atoms with E-state index in [1.54, 1.807) is 6.07 Å². The molecule has 0 bridgehead atoms. The third-order valence-corrected chi connectivity index (χ3v) is 4.38. The number of hydrogen-bond acceptors (Lipinski definition) is 2. The zero-order chi connectivity index (χ0) is 14.6. The summed E-state index contributed by atoms with van der Waals surface area (Å²) in [4.78, 5) is 12.5. The van der Waals surface area contributed by atoms with Crippen LogP contribution in [0.4, 0.5) is 4.39 Å². The zero-order valence-corrected chi connectivity index (χ0v) is 12.0. The van der Waals surface area contributed by atoms with Crippen molar-refractivity contribution >= 4 is 5.91 Å². The van der Waals surface area contributed by atoms with Gasteiger partial charge < -0.3 is 11.1 Å². The third-order valence-electron chi connectivity index (χ3n) is 4.38. The average Bonchev–Trinajstić information content (AvgIpc) is 2.47. The zero-order valence-electron chi connectivity index (χ0n) is 12.0. The second-order valence-corrected chi connectivity index (χ2v) is 5.80. The molecule has 1 aliphatic carbocycles. The van der Waals surface area contributed by atoms with E-state index in [9.17, 15) is 9.18 Å². The lowest BCUT2D eigenvalue weighted by Crippen LogP contribution is -2.47. The molecular weight excluding hydrogens is 255 g/mol. The number of nitrogens with two attached hydrogens (primary N) is 1. The fourth-order valence-corrected chi connectivity index (χ4v) is 2.96. The number of carbonyl (C=O) groups is 1. The minimum Gasteiger partial charge on any atom is -0.349 e. The monoisotopic (exact) mass is 278 g/mol. The van der Waals surface area contributed by atoms with Crippen molar-refractivity contribution in [2.45, 2.75) is 45.1 Å². The van der Waals surface area contributed by atoms with Crippen molar-refractivity contribution in [3.63, 3.8) is 0 Å². The second-order valence-electron chi connectivity index (χ2n) is 5.80. The van der Waals surface area contributed by atoms with Crippen LogP contribution in [0.15, 0.2) is 24.3 Å². The largest absolute Gasteiger partial charge is 0.349 e. The number of amides is 1. The molecule has 2 rings (SSSR count). The highest BCUT2D eigenvalue weighted by Crippen LogP contribution is 2.36. The minimum absolute atomic E-state index is 0.0106. The van der Waals surface area contributed by atoms with Crippen molar-refractivity contribution in [3.8, 4) is 0 Å². The van der Waals surface area contributed by atoms with Crippen molar-refractivity contribution in [3.05, 3.63) is 35.6 Å². The smallest absolute Gasteiger partial charge is 0.227 e. The molecule has 3 nitrogen and oxygen atoms in total. The van der Waals surface area contributed by atoms with Gasteiger partial charge in [-0.3, -0.25) is 4.79 Å². The molecule has 1 aliphatic rings. The SMILES string of the molecule is C[C@H](NC(=O)C1(CN)CCCCC1)c1cccc(F)c1. The first-order chi connectivity index (χ1) is 9.57. The first-order valence-corrected chi connectivity index (χ1v) is 7.34. The van der Waals surface area contributed by atoms with Gasteiger partial charge in [0, 0.05) is 6.54 Å². The molecule has 1 saturated carbocycles. The summed E-state index contributed by atoms with van der Waals surface area (Å²) in [5.41, 5.74) is 6.21. The van der Waals surface area contributed by atoms with E-state index in [-0.39, 0.29) is 17.8 Å². The molecule has 1 aromatic carbocycles. The van der Waals surface area contributed by atoms with Crippen molar-refractivity contribution in [2.75, 3.05) is 6.54 Å². The molecule has 0 unspecified atom stereocenters. The Labute approximate surface area is 119 Å². The molecule has 0 heterocycles. The predicted octanol–water partition coefficient (Wildman–Crippen LogP) is 2.91. The number of benzene rings is 1. The van der Waals surface area contributed by atoms with Gasteiger partial charge in [0.25, 0.3) is 0 Å². The minimum atomic E-state index is -0.431. The first-order valence-electron chi connectivity index (χ1n) is 7.34. The first kappa shape index (κ1) is 15.0. The molecule has 20 heavy (non-hydrogen) atoms. The lowest BCUT2D eigenvalue weighted by molar-refractivity contribution is -0.133. The number of carbonyl (C=O) groups excluding carboxylic acids is 1. The van der Waals surface area contributed by atoms with Crippen LogP contribution in [0.5, 0.6) is 0 Å². The molecule has 1 aromatic rings. The van der Waals surface area contributed by atoms with Gasteiger partial charge in [0.1, 0.15) is 5.82 Å². The van der Waals surface area contributed by atoms with Gasteiger partial charge in [-0.2, -0.15) is 0 Å². The summed E-state index contributed by atoms with van der Waals surface area (Å²) in [5, 5.41) is 3.00. The Morgan fingerprint density at radius 1 is 1.40 bits per heavy atom. The fourth-order valence-electron chi connectivity index (χ4n) is 2.96. The van der Waals surface area contributed by atoms with E-state index in [4.69, 9.17) is 5.73 Å². The molecule has 0 spiro atoms. The van der Waals surface area contributed by atoms with Crippen LogP contribution < -0.4 is 11.1 Å². The maximum absolute atomic E-state index is 13.2. The molecule has 1 fully saturated rings. The number of halogens is 1. The molecule has 0 saturated heterocycles. The van der Waals surface area contributed by atoms with E-state index in [1.807, 2.05) is 13.0 Å². The summed E-state index contributed by atoms with van der Waals surface area (Å²) in [6.45, 7) is 2.26. The lowest BCUT2D eigenvalue weighted by Gasteiger charge is -2.35. The molecule has 0 radical (unpaired) electrons. The molecule has 110 valence electrons. The van der Waals surface area contributed by atoms with Gasteiger partial charge in [0.05, 0.1) is 11.5 Å². The molecule has 3 N–H and O–H groups in total. The van der Waals surface area contributed by atoms with Crippen LogP contribution in [0.1, 0.15) is 50.6 Å². The van der Waals surface area contributed by atoms with Crippen molar-refractivity contribution in [1.29, 1.82) is 0 Å². The van der Waals surface area contributed by atoms with Crippen LogP contribution in [0.2, 0.25) is 0 Å². The Balaban J connectivity index is 2.06. The van der Waals surface area contributed by atoms with Gasteiger partial charge in [-0.25, -0.2) is 4.39 Å². The third kappa shape index (κ3) is 3.18. The van der Waals surface area contributed by atoms with Gasteiger partial charge in [0.2, 0.25) is 5.91 Å². The summed E-state index contributed by atoms with van der Waals surface area (Å²) in [7, 11) is 0. The molecule has 4 heteroatoms. The van der Waals surface area contributed by atoms with Crippen LogP contribution in [-0.2, 0) is 4.79 Å². The average molecular weight is 278 g/mol. The van der Waals surface area contributed by atoms with Crippen LogP contribution in [0.25, 0.3) is 0 Å². The van der Waals surface area contributed by atoms with Crippen LogP contribution in [0, 0.1) is 11.2 Å². The Bertz CT molecular complexity index is 469. The summed E-state index contributed by atoms with van der Waals surface area (Å²) in [5.74, 6) is -0.272. The maximum Gasteiger partial charge on any atom is 0.227 e. The Hall–Kier alpha value is -1.42. The van der Waals surface area contributed by atoms with Gasteiger partial charge in [-0.15, -0.1) is 0 Å². The van der Waals surface area contributed by atoms with E-state index in [0.717, 1.165) is 31.2 Å². The van der Waals surface area contributed by atoms with Gasteiger partial charge in [0.15, 0.2) is 0 Å². The van der Waals surface area contributed by atoms with Crippen LogP contribution in [0.3, 0.4) is 0 Å². The highest BCUT2D eigenvalue weighted by Gasteiger charge is 2.38. The summed E-state index contributed by atoms with van der Waals surface area (Å²) in [6.07, 6.45) is 4.99. The Morgan fingerprint density at radius 2 is 2.10 bits per heavy atom. The highest BCUT2D eigenvalue weighted by atomic mass is 19.1. The van der Waals surface area contributed by atoms with Crippen molar-refractivity contribution in [1.82, 2.24) is 5.32 Å². The van der Waals surface area contributed by atoms with E-state index in [0.29, 0.717) is 6.54 Å². The fraction of sp³-hybridized carbons (Fsp3) is 0.562.